The van der Waals surface area contributed by atoms with Crippen molar-refractivity contribution in [3.05, 3.63) is 60.7 Å². The smallest absolute Gasteiger partial charge is 0.388 e. The molecule has 0 N–H and O–H groups in total. The summed E-state index contributed by atoms with van der Waals surface area (Å²) in [5, 5.41) is 0.961. The molecule has 8 heteroatoms. The molecule has 0 aliphatic carbocycles. The lowest BCUT2D eigenvalue weighted by molar-refractivity contribution is -0.291. The normalized spacial score (nSPS) is 13.1. The van der Waals surface area contributed by atoms with Gasteiger partial charge in [-0.2, -0.15) is 22.0 Å². The van der Waals surface area contributed by atoms with Crippen molar-refractivity contribution in [1.29, 1.82) is 0 Å². The number of halogens is 5. The Morgan fingerprint density at radius 1 is 0.793 bits per heavy atom. The molecular weight excluding hydrogens is 407 g/mol. The maximum Gasteiger partial charge on any atom is 0.455 e. The second kappa shape index (κ2) is 9.82. The first-order valence-electron chi connectivity index (χ1n) is 9.42. The van der Waals surface area contributed by atoms with Gasteiger partial charge in [0.2, 0.25) is 0 Å². The molecule has 0 heterocycles. The maximum absolute atomic E-state index is 13.7. The Labute approximate surface area is 168 Å². The third-order valence-corrected chi connectivity index (χ3v) is 7.76. The van der Waals surface area contributed by atoms with Crippen LogP contribution in [-0.4, -0.2) is 33.9 Å². The Morgan fingerprint density at radius 3 is 1.69 bits per heavy atom. The molecule has 2 nitrogen and oxygen atoms in total. The molecule has 0 aliphatic rings. The van der Waals surface area contributed by atoms with E-state index in [1.807, 2.05) is 13.8 Å². The van der Waals surface area contributed by atoms with Crippen LogP contribution in [0.25, 0.3) is 0 Å². The van der Waals surface area contributed by atoms with E-state index >= 15 is 0 Å². The zero-order valence-electron chi connectivity index (χ0n) is 16.4. The Kier molecular flexibility index (Phi) is 7.96. The summed E-state index contributed by atoms with van der Waals surface area (Å²) in [6, 6.07) is 16.8. The number of hydrogen-bond acceptors (Lipinski definition) is 2. The summed E-state index contributed by atoms with van der Waals surface area (Å²) < 4.78 is 77.2. The predicted molar refractivity (Wildman–Crippen MR) is 105 cm³/mol. The van der Waals surface area contributed by atoms with Crippen LogP contribution in [0.2, 0.25) is 0 Å². The average Bonchev–Trinajstić information content (AvgIpc) is 2.68. The van der Waals surface area contributed by atoms with E-state index in [0.29, 0.717) is 22.7 Å². The zero-order valence-corrected chi connectivity index (χ0v) is 17.4. The second-order valence-electron chi connectivity index (χ2n) is 7.22. The van der Waals surface area contributed by atoms with Crippen molar-refractivity contribution < 1.29 is 30.8 Å². The Bertz CT molecular complexity index is 696. The van der Waals surface area contributed by atoms with Crippen LogP contribution < -0.4 is 10.4 Å². The quantitative estimate of drug-likeness (QED) is 0.302. The van der Waals surface area contributed by atoms with Gasteiger partial charge in [-0.1, -0.05) is 74.5 Å². The standard InChI is InChI=1S/C21H25F5O2Si/c1-17(2)10-9-15-27-29(18-11-5-3-6-12-18,19-13-7-4-8-14-19)28-16-20(22,23)21(24,25)26/h3-8,11-14,17H,9-10,15-16H2,1-2H3. The minimum atomic E-state index is -5.70. The molecule has 0 aromatic heterocycles. The van der Waals surface area contributed by atoms with Crippen molar-refractivity contribution in [2.45, 2.75) is 38.8 Å². The van der Waals surface area contributed by atoms with Crippen molar-refractivity contribution >= 4 is 18.9 Å². The van der Waals surface area contributed by atoms with Crippen LogP contribution in [-0.2, 0) is 8.85 Å². The van der Waals surface area contributed by atoms with Gasteiger partial charge in [0.25, 0.3) is 0 Å². The van der Waals surface area contributed by atoms with Crippen molar-refractivity contribution in [2.75, 3.05) is 13.2 Å². The largest absolute Gasteiger partial charge is 0.455 e. The molecule has 160 valence electrons. The first-order valence-corrected chi connectivity index (χ1v) is 11.2. The molecule has 29 heavy (non-hydrogen) atoms. The second-order valence-corrected chi connectivity index (χ2v) is 10.2. The third-order valence-electron chi connectivity index (χ3n) is 4.41. The molecule has 2 aromatic rings. The lowest BCUT2D eigenvalue weighted by atomic mass is 10.1. The fraction of sp³-hybridized carbons (Fsp3) is 0.429. The minimum Gasteiger partial charge on any atom is -0.388 e. The Hall–Kier alpha value is -1.77. The van der Waals surface area contributed by atoms with Crippen LogP contribution in [0.4, 0.5) is 22.0 Å². The summed E-state index contributed by atoms with van der Waals surface area (Å²) in [5.41, 5.74) is 0. The molecular formula is C21H25F5O2Si. The predicted octanol–water partition coefficient (Wildman–Crippen LogP) is 4.91. The van der Waals surface area contributed by atoms with Gasteiger partial charge < -0.3 is 8.85 Å². The number of hydrogen-bond donors (Lipinski definition) is 0. The summed E-state index contributed by atoms with van der Waals surface area (Å²) in [6.45, 7) is 2.49. The van der Waals surface area contributed by atoms with E-state index in [0.717, 1.165) is 6.42 Å². The highest BCUT2D eigenvalue weighted by molar-refractivity contribution is 6.92. The first-order chi connectivity index (χ1) is 13.6. The van der Waals surface area contributed by atoms with Gasteiger partial charge in [-0.25, -0.2) is 0 Å². The van der Waals surface area contributed by atoms with E-state index in [1.54, 1.807) is 60.7 Å². The van der Waals surface area contributed by atoms with Crippen LogP contribution in [0, 0.1) is 5.92 Å². The molecule has 0 aliphatic heterocycles. The molecule has 0 saturated heterocycles. The van der Waals surface area contributed by atoms with Crippen molar-refractivity contribution in [1.82, 2.24) is 0 Å². The molecule has 0 radical (unpaired) electrons. The monoisotopic (exact) mass is 432 g/mol. The van der Waals surface area contributed by atoms with Gasteiger partial charge in [0.05, 0.1) is 0 Å². The average molecular weight is 433 g/mol. The number of rotatable bonds is 10. The van der Waals surface area contributed by atoms with Gasteiger partial charge in [-0.05, 0) is 29.1 Å². The van der Waals surface area contributed by atoms with E-state index in [9.17, 15) is 22.0 Å². The van der Waals surface area contributed by atoms with Crippen LogP contribution >= 0.6 is 0 Å². The lowest BCUT2D eigenvalue weighted by Gasteiger charge is -2.33. The van der Waals surface area contributed by atoms with E-state index in [-0.39, 0.29) is 6.61 Å². The summed E-state index contributed by atoms with van der Waals surface area (Å²) in [7, 11) is -3.79. The molecule has 0 saturated carbocycles. The molecule has 0 amide bonds. The highest BCUT2D eigenvalue weighted by Crippen LogP contribution is 2.36. The van der Waals surface area contributed by atoms with Gasteiger partial charge in [-0.15, -0.1) is 0 Å². The molecule has 0 atom stereocenters. The van der Waals surface area contributed by atoms with E-state index in [2.05, 4.69) is 0 Å². The van der Waals surface area contributed by atoms with Crippen LogP contribution in [0.1, 0.15) is 26.7 Å². The molecule has 2 aromatic carbocycles. The molecule has 0 fully saturated rings. The van der Waals surface area contributed by atoms with Gasteiger partial charge in [0.15, 0.2) is 0 Å². The maximum atomic E-state index is 13.7. The summed E-state index contributed by atoms with van der Waals surface area (Å²) in [5.74, 6) is -4.56. The van der Waals surface area contributed by atoms with Crippen molar-refractivity contribution in [3.63, 3.8) is 0 Å². The number of benzene rings is 2. The zero-order chi connectivity index (χ0) is 21.5. The highest BCUT2D eigenvalue weighted by atomic mass is 28.4. The molecule has 0 spiro atoms. The third kappa shape index (κ3) is 6.10. The summed E-state index contributed by atoms with van der Waals surface area (Å²) >= 11 is 0. The Balaban J connectivity index is 2.42. The molecule has 0 bridgehead atoms. The lowest BCUT2D eigenvalue weighted by Crippen LogP contribution is -2.65. The number of alkyl halides is 5. The fourth-order valence-electron chi connectivity index (χ4n) is 2.84. The van der Waals surface area contributed by atoms with Crippen LogP contribution in [0.3, 0.4) is 0 Å². The summed E-state index contributed by atoms with van der Waals surface area (Å²) in [6.07, 6.45) is -4.21. The highest BCUT2D eigenvalue weighted by Gasteiger charge is 2.59. The summed E-state index contributed by atoms with van der Waals surface area (Å²) in [4.78, 5) is 0. The van der Waals surface area contributed by atoms with Gasteiger partial charge in [-0.3, -0.25) is 0 Å². The van der Waals surface area contributed by atoms with Crippen molar-refractivity contribution in [3.8, 4) is 0 Å². The van der Waals surface area contributed by atoms with Crippen LogP contribution in [0.15, 0.2) is 60.7 Å². The van der Waals surface area contributed by atoms with Crippen molar-refractivity contribution in [2.24, 2.45) is 5.92 Å². The van der Waals surface area contributed by atoms with E-state index in [4.69, 9.17) is 8.85 Å². The van der Waals surface area contributed by atoms with Gasteiger partial charge >= 0.3 is 20.7 Å². The van der Waals surface area contributed by atoms with Crippen LogP contribution in [0.5, 0.6) is 0 Å². The van der Waals surface area contributed by atoms with Gasteiger partial charge in [0.1, 0.15) is 6.61 Å². The fourth-order valence-corrected chi connectivity index (χ4v) is 6.00. The minimum absolute atomic E-state index is 0.200. The topological polar surface area (TPSA) is 18.5 Å². The Morgan fingerprint density at radius 2 is 1.28 bits per heavy atom. The first kappa shape index (κ1) is 23.5. The SMILES string of the molecule is CC(C)CCCO[Si](OCC(F)(F)C(F)(F)F)(c1ccccc1)c1ccccc1. The molecule has 0 unspecified atom stereocenters. The van der Waals surface area contributed by atoms with E-state index in [1.165, 1.54) is 0 Å². The van der Waals surface area contributed by atoms with E-state index < -0.39 is 27.3 Å². The molecule has 2 rings (SSSR count). The van der Waals surface area contributed by atoms with Gasteiger partial charge in [0, 0.05) is 6.61 Å².